The molecule has 10 atom stereocenters. The number of rotatable bonds is 29. The van der Waals surface area contributed by atoms with Gasteiger partial charge in [-0.05, 0) is 194 Å². The van der Waals surface area contributed by atoms with Gasteiger partial charge in [-0.15, -0.1) is 35.3 Å². The summed E-state index contributed by atoms with van der Waals surface area (Å²) in [5.41, 5.74) is 21.0. The Labute approximate surface area is 752 Å². The van der Waals surface area contributed by atoms with Gasteiger partial charge in [-0.2, -0.15) is 13.2 Å². The maximum absolute atomic E-state index is 13.8. The van der Waals surface area contributed by atoms with Crippen LogP contribution in [0.2, 0.25) is 0 Å². The number of ether oxygens (including phenoxy) is 1. The highest BCUT2D eigenvalue weighted by molar-refractivity contribution is 8.01. The van der Waals surface area contributed by atoms with Gasteiger partial charge in [0.05, 0.1) is 45.0 Å². The topological polar surface area (TPSA) is 245 Å². The number of fused-ring (bicyclic) bond motifs is 4. The first-order valence-corrected chi connectivity index (χ1v) is 46.9. The Balaban J connectivity index is 0.000000211. The molecule has 666 valence electrons. The molecule has 3 aliphatic carbocycles. The first kappa shape index (κ1) is 101. The van der Waals surface area contributed by atoms with Gasteiger partial charge in [0, 0.05) is 43.8 Å². The number of benzene rings is 9. The molecule has 9 aromatic rings. The number of Topliss-reactive ketones (excluding diaryl/α,β-unsaturated/α-hetero) is 1. The number of thioether (sulfide) groups is 3. The van der Waals surface area contributed by atoms with Crippen LogP contribution in [0.5, 0.6) is 0 Å². The summed E-state index contributed by atoms with van der Waals surface area (Å²) < 4.78 is 36.3. The van der Waals surface area contributed by atoms with E-state index in [2.05, 4.69) is 248 Å². The fraction of sp³-hybridized carbons (Fsp3) is 0.413. The van der Waals surface area contributed by atoms with Gasteiger partial charge in [0.1, 0.15) is 24.7 Å². The van der Waals surface area contributed by atoms with Crippen molar-refractivity contribution in [2.75, 3.05) is 31.0 Å². The molecule has 15 nitrogen and oxygen atoms in total. The highest BCUT2D eigenvalue weighted by Gasteiger charge is 2.45. The van der Waals surface area contributed by atoms with Gasteiger partial charge in [-0.1, -0.05) is 282 Å². The summed E-state index contributed by atoms with van der Waals surface area (Å²) >= 11 is 5.46. The number of aliphatic hydroxyl groups is 1. The predicted octanol–water partition coefficient (Wildman–Crippen LogP) is 22.4. The van der Waals surface area contributed by atoms with Crippen molar-refractivity contribution >= 4 is 71.0 Å². The lowest BCUT2D eigenvalue weighted by Crippen LogP contribution is -2.52. The van der Waals surface area contributed by atoms with Gasteiger partial charge in [-0.3, -0.25) is 24.0 Å². The number of carboxylic acid groups (broad SMARTS) is 1. The first-order valence-electron chi connectivity index (χ1n) is 43.9. The standard InChI is InChI=1S/C42H49NO3S.C24H24O2S.C19H25N3O2S.C11H11N.C6H12O.C2H3F3O.H3N/c1-31(28-29-47-42(35-18-7-4-8-19-35,36-20-9-5-10-21-36)37-22-11-6-12-23-37)40(44)30-34(27-26-32(2)46-3)41(45)43-39-25-15-17-33-16-13-14-24-38(33)39;1-19(23(25)26)17-18-27-24(20-11-5-2-6-12-20,21-13-7-3-8-14-21)22-15-9-4-10-16-22;20-14-10-11-25-17-9-8-16(22(17)19(14)24)18(23)21-15-7-3-5-12-4-1-2-6-13(12)15;1-12-11-8-4-6-9-5-2-3-7-10(9)11;1-6(2)4-3-5-7;3-2(4,5)1-6;/h4-14,16,18-24,31-32,34,39H,15,17,25-30H2,1-3H3,(H,43,45);2-16,19H,17-18H2,1H3,(H,25,26);1-2,4,6,14-17H,3,5,7-11,20H2,(H,21,23);2-3,5,7,11H,4,6,8H2;5-6H,3-4H2,1-2H3;6H,1H2;1H3/t31-,32?,34?,39+;19-;14-,15+,16?,17-;11-;;;/m0001.../s1. The smallest absolute Gasteiger partial charge is 0.411 e. The van der Waals surface area contributed by atoms with Crippen LogP contribution in [-0.2, 0) is 62.3 Å². The lowest BCUT2D eigenvalue weighted by molar-refractivity contribution is -0.159. The van der Waals surface area contributed by atoms with Crippen molar-refractivity contribution in [2.45, 2.75) is 214 Å². The minimum Gasteiger partial charge on any atom is -0.481 e. The molecule has 3 amide bonds. The zero-order chi connectivity index (χ0) is 88.9. The van der Waals surface area contributed by atoms with Crippen LogP contribution < -0.4 is 22.5 Å². The van der Waals surface area contributed by atoms with Gasteiger partial charge >= 0.3 is 12.1 Å². The van der Waals surface area contributed by atoms with Crippen LogP contribution in [0.3, 0.4) is 0 Å². The summed E-state index contributed by atoms with van der Waals surface area (Å²) in [5, 5.41) is 23.2. The van der Waals surface area contributed by atoms with Crippen LogP contribution in [-0.4, -0.2) is 112 Å². The number of carboxylic acids is 1. The van der Waals surface area contributed by atoms with Crippen molar-refractivity contribution in [1.82, 2.24) is 21.7 Å². The maximum Gasteiger partial charge on any atom is 0.411 e. The number of aliphatic carboxylic acids is 1. The molecule has 2 fully saturated rings. The summed E-state index contributed by atoms with van der Waals surface area (Å²) in [7, 11) is 1.70. The van der Waals surface area contributed by atoms with Crippen molar-refractivity contribution in [3.63, 3.8) is 0 Å². The number of aliphatic hydroxyl groups excluding tert-OH is 1. The van der Waals surface area contributed by atoms with E-state index in [0.717, 1.165) is 113 Å². The van der Waals surface area contributed by atoms with Gasteiger partial charge in [0.25, 0.3) is 0 Å². The molecular formula is C104H127F3N6O9S3. The minimum absolute atomic E-state index is 0. The van der Waals surface area contributed by atoms with Gasteiger partial charge in [-0.25, -0.2) is 6.57 Å². The molecule has 14 rings (SSSR count). The number of nitrogens with zero attached hydrogens (tertiary/aromatic N) is 2. The van der Waals surface area contributed by atoms with Gasteiger partial charge < -0.3 is 52.0 Å². The van der Waals surface area contributed by atoms with Crippen LogP contribution in [0.15, 0.2) is 255 Å². The summed E-state index contributed by atoms with van der Waals surface area (Å²) in [6.45, 7) is 15.4. The SMILES string of the molecule is CC(C)CCC=O.COC(C)CCC(CC(=O)[C@@H](C)CCSC(c1ccccc1)(c1ccccc1)c1ccccc1)C(=O)N[C@@H]1CCCc2ccccc21.C[C@@H](CCSC(c1ccccc1)(c1ccccc1)c1ccccc1)C(=O)O.N.N[C@H]1CCS[C@H]2CCC(C(=O)N[C@@H]3CCCc4ccccc43)N2C1=O.OCC(F)(F)F.[C-]#[N+][C@@H]1CCCc2ccccc21. The number of carbonyl (C=O) groups excluding carboxylic acids is 5. The molecule has 21 heteroatoms. The predicted molar refractivity (Wildman–Crippen MR) is 504 cm³/mol. The second-order valence-corrected chi connectivity index (χ2v) is 36.9. The van der Waals surface area contributed by atoms with E-state index in [1.165, 1.54) is 73.2 Å². The van der Waals surface area contributed by atoms with Crippen LogP contribution >= 0.6 is 35.3 Å². The minimum atomic E-state index is -4.40. The van der Waals surface area contributed by atoms with Crippen molar-refractivity contribution in [2.24, 2.45) is 29.4 Å². The quantitative estimate of drug-likeness (QED) is 0.0145. The molecule has 3 unspecified atom stereocenters. The maximum atomic E-state index is 13.8. The van der Waals surface area contributed by atoms with E-state index in [0.29, 0.717) is 25.2 Å². The Kier molecular flexibility index (Phi) is 41.8. The van der Waals surface area contributed by atoms with Crippen molar-refractivity contribution in [3.05, 3.63) is 333 Å². The number of aryl methyl sites for hydroxylation is 3. The Morgan fingerprint density at radius 3 is 1.34 bits per heavy atom. The second kappa shape index (κ2) is 51.9. The number of amides is 3. The monoisotopic (exact) mass is 1760 g/mol. The molecule has 125 heavy (non-hydrogen) atoms. The van der Waals surface area contributed by atoms with Crippen LogP contribution in [0, 0.1) is 30.2 Å². The number of hydrogen-bond donors (Lipinski definition) is 6. The van der Waals surface area contributed by atoms with Crippen LogP contribution in [0.1, 0.15) is 222 Å². The fourth-order valence-corrected chi connectivity index (χ4v) is 21.4. The molecule has 0 radical (unpaired) electrons. The summed E-state index contributed by atoms with van der Waals surface area (Å²) in [6.07, 6.45) is 13.2. The highest BCUT2D eigenvalue weighted by atomic mass is 32.2. The third-order valence-electron chi connectivity index (χ3n) is 23.8. The molecule has 0 saturated carbocycles. The third kappa shape index (κ3) is 29.2. The number of halogens is 3. The number of nitrogens with one attached hydrogen (secondary N) is 2. The zero-order valence-electron chi connectivity index (χ0n) is 73.2. The van der Waals surface area contributed by atoms with E-state index in [9.17, 15) is 47.0 Å². The van der Waals surface area contributed by atoms with E-state index in [1.807, 2.05) is 73.8 Å². The number of nitrogens with two attached hydrogens (primary N) is 1. The third-order valence-corrected chi connectivity index (χ3v) is 28.3. The summed E-state index contributed by atoms with van der Waals surface area (Å²) in [4.78, 5) is 79.6. The second-order valence-electron chi connectivity index (χ2n) is 33.0. The van der Waals surface area contributed by atoms with Gasteiger partial charge in [0.15, 0.2) is 0 Å². The number of aldehydes is 1. The Hall–Kier alpha value is -9.63. The largest absolute Gasteiger partial charge is 0.481 e. The average molecular weight is 1760 g/mol. The molecule has 9 N–H and O–H groups in total. The summed E-state index contributed by atoms with van der Waals surface area (Å²) in [6, 6.07) is 87.9. The molecular weight excluding hydrogens is 1630 g/mol. The lowest BCUT2D eigenvalue weighted by atomic mass is 9.84. The average Bonchev–Trinajstić information content (AvgIpc) is 1.47. The first-order chi connectivity index (χ1) is 60.0. The highest BCUT2D eigenvalue weighted by Crippen LogP contribution is 2.51. The van der Waals surface area contributed by atoms with E-state index in [1.54, 1.807) is 30.7 Å². The van der Waals surface area contributed by atoms with Crippen molar-refractivity contribution in [1.29, 1.82) is 0 Å². The van der Waals surface area contributed by atoms with E-state index in [-0.39, 0.29) is 94.2 Å². The molecule has 2 heterocycles. The van der Waals surface area contributed by atoms with Gasteiger partial charge in [0.2, 0.25) is 23.8 Å². The molecule has 5 aliphatic rings. The Morgan fingerprint density at radius 1 is 0.552 bits per heavy atom. The number of hydrogen-bond acceptors (Lipinski definition) is 13. The summed E-state index contributed by atoms with van der Waals surface area (Å²) in [5.74, 6) is 1.55. The lowest BCUT2D eigenvalue weighted by Gasteiger charge is -2.36. The molecule has 2 saturated heterocycles. The fourth-order valence-electron chi connectivity index (χ4n) is 16.7. The molecule has 0 bridgehead atoms. The molecule has 0 aromatic heterocycles. The number of carbonyl (C=O) groups is 6. The Bertz CT molecular complexity index is 4590. The molecule has 2 aliphatic heterocycles. The number of methoxy groups -OCH3 is 1. The molecule has 0 spiro atoms. The van der Waals surface area contributed by atoms with Crippen molar-refractivity contribution in [3.8, 4) is 0 Å². The van der Waals surface area contributed by atoms with E-state index >= 15 is 0 Å². The van der Waals surface area contributed by atoms with E-state index in [4.69, 9.17) is 22.1 Å². The zero-order valence-corrected chi connectivity index (χ0v) is 75.7. The number of alkyl halides is 3. The normalized spacial score (nSPS) is 18.4. The van der Waals surface area contributed by atoms with Crippen LogP contribution in [0.25, 0.3) is 4.85 Å². The van der Waals surface area contributed by atoms with Crippen molar-refractivity contribution < 1.29 is 56.9 Å². The molecule has 9 aromatic carbocycles. The Morgan fingerprint density at radius 2 is 0.944 bits per heavy atom. The van der Waals surface area contributed by atoms with Crippen LogP contribution in [0.4, 0.5) is 13.2 Å². The number of ketones is 1. The van der Waals surface area contributed by atoms with E-state index < -0.39 is 29.5 Å².